The van der Waals surface area contributed by atoms with Gasteiger partial charge in [0.25, 0.3) is 11.8 Å². The number of carbonyl (C=O) groups is 2. The van der Waals surface area contributed by atoms with Crippen LogP contribution in [-0.2, 0) is 4.79 Å². The number of aryl methyl sites for hydroxylation is 1. The van der Waals surface area contributed by atoms with Gasteiger partial charge < -0.3 is 24.3 Å². The minimum atomic E-state index is -0.413. The molecule has 204 valence electrons. The lowest BCUT2D eigenvalue weighted by molar-refractivity contribution is -0.118. The summed E-state index contributed by atoms with van der Waals surface area (Å²) in [5, 5.41) is 6.87. The fraction of sp³-hybridized carbons (Fsp3) is 0.207. The van der Waals surface area contributed by atoms with E-state index in [2.05, 4.69) is 45.0 Å². The quantitative estimate of drug-likeness (QED) is 0.113. The van der Waals surface area contributed by atoms with E-state index in [0.717, 1.165) is 5.56 Å². The van der Waals surface area contributed by atoms with Gasteiger partial charge in [-0.15, -0.1) is 0 Å². The molecular weight excluding hydrogens is 613 g/mol. The number of hydrazone groups is 1. The van der Waals surface area contributed by atoms with Crippen molar-refractivity contribution in [1.82, 2.24) is 5.43 Å². The molecule has 3 aromatic rings. The molecule has 0 bridgehead atoms. The summed E-state index contributed by atoms with van der Waals surface area (Å²) in [6, 6.07) is 15.9. The largest absolute Gasteiger partial charge is 0.493 e. The van der Waals surface area contributed by atoms with Gasteiger partial charge in [0.05, 0.1) is 23.5 Å². The van der Waals surface area contributed by atoms with E-state index in [0.29, 0.717) is 56.6 Å². The van der Waals surface area contributed by atoms with Crippen molar-refractivity contribution in [2.24, 2.45) is 5.10 Å². The van der Waals surface area contributed by atoms with Crippen LogP contribution in [-0.4, -0.2) is 45.0 Å². The third-order valence-electron chi connectivity index (χ3n) is 5.14. The predicted octanol–water partition coefficient (Wildman–Crippen LogP) is 5.35. The summed E-state index contributed by atoms with van der Waals surface area (Å²) in [4.78, 5) is 25.0. The maximum Gasteiger partial charge on any atom is 0.271 e. The Balaban J connectivity index is 1.64. The Labute approximate surface area is 241 Å². The number of hydrogen-bond acceptors (Lipinski definition) is 7. The van der Waals surface area contributed by atoms with Gasteiger partial charge in [0.15, 0.2) is 29.6 Å². The number of anilines is 1. The van der Waals surface area contributed by atoms with E-state index >= 15 is 0 Å². The molecule has 0 saturated carbocycles. The van der Waals surface area contributed by atoms with Crippen molar-refractivity contribution >= 4 is 46.3 Å². The number of amides is 2. The van der Waals surface area contributed by atoms with E-state index < -0.39 is 5.91 Å². The van der Waals surface area contributed by atoms with Crippen LogP contribution in [0.3, 0.4) is 0 Å². The lowest BCUT2D eigenvalue weighted by Gasteiger charge is -2.14. The van der Waals surface area contributed by atoms with Crippen molar-refractivity contribution in [1.29, 1.82) is 0 Å². The number of rotatable bonds is 13. The average Bonchev–Trinajstić information content (AvgIpc) is 2.91. The first-order valence-electron chi connectivity index (χ1n) is 12.0. The Morgan fingerprint density at radius 2 is 1.85 bits per heavy atom. The Morgan fingerprint density at radius 1 is 1.03 bits per heavy atom. The topological polar surface area (TPSA) is 107 Å². The Morgan fingerprint density at radius 3 is 2.56 bits per heavy atom. The van der Waals surface area contributed by atoms with E-state index in [1.807, 2.05) is 38.1 Å². The molecule has 0 unspecified atom stereocenters. The zero-order valence-electron chi connectivity index (χ0n) is 22.0. The van der Waals surface area contributed by atoms with Gasteiger partial charge in [0.1, 0.15) is 6.61 Å². The normalized spacial score (nSPS) is 10.6. The third-order valence-corrected chi connectivity index (χ3v) is 5.94. The minimum Gasteiger partial charge on any atom is -0.493 e. The number of methoxy groups -OCH3 is 1. The molecule has 3 aromatic carbocycles. The van der Waals surface area contributed by atoms with Gasteiger partial charge >= 0.3 is 0 Å². The van der Waals surface area contributed by atoms with Crippen LogP contribution >= 0.6 is 22.6 Å². The molecular formula is C29H30IN3O6. The third kappa shape index (κ3) is 8.74. The highest BCUT2D eigenvalue weighted by molar-refractivity contribution is 14.1. The molecule has 39 heavy (non-hydrogen) atoms. The summed E-state index contributed by atoms with van der Waals surface area (Å²) >= 11 is 2.09. The standard InChI is InChI=1S/C29H30IN3O6/c1-5-12-38-24-11-10-21(16-25(24)37-6-2)29(35)33-31-17-20-14-23(30)28(26(15-20)36-4)39-18-27(34)32-22-9-7-8-19(3)13-22/h5,7-11,13-17H,1,6,12,18H2,2-4H3,(H,32,34)(H,33,35)/b31-17+. The summed E-state index contributed by atoms with van der Waals surface area (Å²) in [6.45, 7) is 7.99. The summed E-state index contributed by atoms with van der Waals surface area (Å²) in [5.74, 6) is 1.13. The van der Waals surface area contributed by atoms with Gasteiger partial charge in [-0.25, -0.2) is 5.43 Å². The molecule has 0 aliphatic heterocycles. The van der Waals surface area contributed by atoms with E-state index in [1.165, 1.54) is 13.3 Å². The first-order chi connectivity index (χ1) is 18.8. The molecule has 9 nitrogen and oxygen atoms in total. The number of benzene rings is 3. The van der Waals surface area contributed by atoms with Crippen molar-refractivity contribution in [3.63, 3.8) is 0 Å². The molecule has 0 saturated heterocycles. The fourth-order valence-electron chi connectivity index (χ4n) is 3.43. The lowest BCUT2D eigenvalue weighted by atomic mass is 10.2. The zero-order chi connectivity index (χ0) is 28.2. The van der Waals surface area contributed by atoms with Crippen LogP contribution < -0.4 is 29.7 Å². The maximum absolute atomic E-state index is 12.6. The number of nitrogens with one attached hydrogen (secondary N) is 2. The molecule has 0 aliphatic carbocycles. The lowest BCUT2D eigenvalue weighted by Crippen LogP contribution is -2.20. The molecule has 2 amide bonds. The second-order valence-corrected chi connectivity index (χ2v) is 9.30. The summed E-state index contributed by atoms with van der Waals surface area (Å²) in [5.41, 5.74) is 5.28. The van der Waals surface area contributed by atoms with Crippen LogP contribution in [0.5, 0.6) is 23.0 Å². The van der Waals surface area contributed by atoms with E-state index in [9.17, 15) is 9.59 Å². The van der Waals surface area contributed by atoms with Gasteiger partial charge in [0, 0.05) is 11.3 Å². The molecule has 0 spiro atoms. The van der Waals surface area contributed by atoms with Crippen molar-refractivity contribution < 1.29 is 28.5 Å². The van der Waals surface area contributed by atoms with Crippen molar-refractivity contribution in [3.05, 3.63) is 87.5 Å². The smallest absolute Gasteiger partial charge is 0.271 e. The Bertz CT molecular complexity index is 1360. The van der Waals surface area contributed by atoms with Gasteiger partial charge in [-0.2, -0.15) is 5.10 Å². The van der Waals surface area contributed by atoms with Crippen molar-refractivity contribution in [3.8, 4) is 23.0 Å². The van der Waals surface area contributed by atoms with E-state index in [-0.39, 0.29) is 12.5 Å². The maximum atomic E-state index is 12.6. The SMILES string of the molecule is C=CCOc1ccc(C(=O)N/N=C/c2cc(I)c(OCC(=O)Nc3cccc(C)c3)c(OC)c2)cc1OCC. The number of halogens is 1. The number of nitrogens with zero attached hydrogens (tertiary/aromatic N) is 1. The molecule has 0 aliphatic rings. The molecule has 10 heteroatoms. The minimum absolute atomic E-state index is 0.190. The van der Waals surface area contributed by atoms with E-state index in [1.54, 1.807) is 36.4 Å². The fourth-order valence-corrected chi connectivity index (χ4v) is 4.21. The summed E-state index contributed by atoms with van der Waals surface area (Å²) in [6.07, 6.45) is 3.12. The molecule has 0 atom stereocenters. The second-order valence-electron chi connectivity index (χ2n) is 8.13. The van der Waals surface area contributed by atoms with Gasteiger partial charge in [0.2, 0.25) is 0 Å². The monoisotopic (exact) mass is 643 g/mol. The molecule has 0 aromatic heterocycles. The molecule has 3 rings (SSSR count). The first kappa shape index (κ1) is 29.5. The van der Waals surface area contributed by atoms with Crippen molar-refractivity contribution in [2.75, 3.05) is 32.2 Å². The second kappa shape index (κ2) is 14.8. The Hall–Kier alpha value is -4.06. The van der Waals surface area contributed by atoms with Crippen LogP contribution in [0, 0.1) is 10.5 Å². The summed E-state index contributed by atoms with van der Waals surface area (Å²) < 4.78 is 23.1. The van der Waals surface area contributed by atoms with Crippen LogP contribution in [0.25, 0.3) is 0 Å². The number of hydrogen-bond donors (Lipinski definition) is 2. The first-order valence-corrected chi connectivity index (χ1v) is 13.1. The molecule has 0 radical (unpaired) electrons. The van der Waals surface area contributed by atoms with E-state index in [4.69, 9.17) is 18.9 Å². The average molecular weight is 643 g/mol. The predicted molar refractivity (Wildman–Crippen MR) is 159 cm³/mol. The number of ether oxygens (including phenoxy) is 4. The zero-order valence-corrected chi connectivity index (χ0v) is 24.1. The van der Waals surface area contributed by atoms with Gasteiger partial charge in [-0.05, 0) is 90.0 Å². The molecule has 2 N–H and O–H groups in total. The van der Waals surface area contributed by atoms with Crippen LogP contribution in [0.2, 0.25) is 0 Å². The van der Waals surface area contributed by atoms with Crippen LogP contribution in [0.15, 0.2) is 72.4 Å². The van der Waals surface area contributed by atoms with Crippen molar-refractivity contribution in [2.45, 2.75) is 13.8 Å². The van der Waals surface area contributed by atoms with Gasteiger partial charge in [-0.1, -0.05) is 24.8 Å². The Kier molecular flexibility index (Phi) is 11.2. The number of carbonyl (C=O) groups excluding carboxylic acids is 2. The highest BCUT2D eigenvalue weighted by Crippen LogP contribution is 2.33. The highest BCUT2D eigenvalue weighted by Gasteiger charge is 2.14. The van der Waals surface area contributed by atoms with Gasteiger partial charge in [-0.3, -0.25) is 9.59 Å². The summed E-state index contributed by atoms with van der Waals surface area (Å²) in [7, 11) is 1.51. The van der Waals surface area contributed by atoms with Crippen LogP contribution in [0.1, 0.15) is 28.4 Å². The molecule has 0 heterocycles. The molecule has 0 fully saturated rings. The van der Waals surface area contributed by atoms with Crippen LogP contribution in [0.4, 0.5) is 5.69 Å². The highest BCUT2D eigenvalue weighted by atomic mass is 127.